The van der Waals surface area contributed by atoms with Crippen molar-refractivity contribution in [3.05, 3.63) is 0 Å². The summed E-state index contributed by atoms with van der Waals surface area (Å²) in [5, 5.41) is 3.71. The van der Waals surface area contributed by atoms with E-state index in [1.807, 2.05) is 0 Å². The maximum Gasteiger partial charge on any atom is 0.0243 e. The topological polar surface area (TPSA) is 18.5 Å². The van der Waals surface area contributed by atoms with Gasteiger partial charge in [-0.25, -0.2) is 0 Å². The standard InChI is InChI=1S/C17H37N3/c1-6-9-16(18-8-3)17(7-2)20(5)14-15-10-12-19(4)13-11-15/h15-18H,6-14H2,1-5H3. The number of hydrogen-bond acceptors (Lipinski definition) is 3. The fourth-order valence-corrected chi connectivity index (χ4v) is 3.69. The van der Waals surface area contributed by atoms with Gasteiger partial charge < -0.3 is 15.1 Å². The molecule has 0 saturated carbocycles. The van der Waals surface area contributed by atoms with Gasteiger partial charge in [0.15, 0.2) is 0 Å². The Balaban J connectivity index is 2.49. The third-order valence-corrected chi connectivity index (χ3v) is 4.90. The second-order valence-corrected chi connectivity index (χ2v) is 6.61. The minimum absolute atomic E-state index is 0.659. The molecule has 0 aromatic rings. The van der Waals surface area contributed by atoms with Gasteiger partial charge in [-0.15, -0.1) is 0 Å². The quantitative estimate of drug-likeness (QED) is 0.702. The Hall–Kier alpha value is -0.120. The predicted octanol–water partition coefficient (Wildman–Crippen LogP) is 2.82. The van der Waals surface area contributed by atoms with E-state index in [4.69, 9.17) is 0 Å². The summed E-state index contributed by atoms with van der Waals surface area (Å²) in [5.41, 5.74) is 0. The highest BCUT2D eigenvalue weighted by Gasteiger charge is 2.25. The van der Waals surface area contributed by atoms with Gasteiger partial charge in [-0.3, -0.25) is 0 Å². The van der Waals surface area contributed by atoms with Crippen LogP contribution in [0.5, 0.6) is 0 Å². The molecule has 1 aliphatic rings. The van der Waals surface area contributed by atoms with Crippen LogP contribution in [0.4, 0.5) is 0 Å². The Bertz CT molecular complexity index is 230. The van der Waals surface area contributed by atoms with E-state index in [9.17, 15) is 0 Å². The van der Waals surface area contributed by atoms with Crippen molar-refractivity contribution in [1.29, 1.82) is 0 Å². The predicted molar refractivity (Wildman–Crippen MR) is 89.3 cm³/mol. The molecular weight excluding hydrogens is 246 g/mol. The maximum atomic E-state index is 3.71. The van der Waals surface area contributed by atoms with Gasteiger partial charge in [0.25, 0.3) is 0 Å². The monoisotopic (exact) mass is 283 g/mol. The molecule has 2 unspecified atom stereocenters. The molecule has 0 aromatic carbocycles. The average Bonchev–Trinajstić information content (AvgIpc) is 2.43. The van der Waals surface area contributed by atoms with Crippen molar-refractivity contribution < 1.29 is 0 Å². The Morgan fingerprint density at radius 2 is 1.85 bits per heavy atom. The molecule has 0 aliphatic carbocycles. The van der Waals surface area contributed by atoms with Crippen LogP contribution < -0.4 is 5.32 Å². The van der Waals surface area contributed by atoms with E-state index in [1.165, 1.54) is 51.7 Å². The normalized spacial score (nSPS) is 21.3. The van der Waals surface area contributed by atoms with E-state index < -0.39 is 0 Å². The van der Waals surface area contributed by atoms with Gasteiger partial charge in [0.1, 0.15) is 0 Å². The van der Waals surface area contributed by atoms with E-state index in [-0.39, 0.29) is 0 Å². The first kappa shape index (κ1) is 17.9. The molecule has 0 bridgehead atoms. The van der Waals surface area contributed by atoms with Crippen LogP contribution in [0.25, 0.3) is 0 Å². The van der Waals surface area contributed by atoms with Crippen LogP contribution in [0.1, 0.15) is 52.9 Å². The summed E-state index contributed by atoms with van der Waals surface area (Å²) in [6.07, 6.45) is 6.56. The smallest absolute Gasteiger partial charge is 0.0243 e. The molecule has 120 valence electrons. The van der Waals surface area contributed by atoms with Crippen molar-refractivity contribution in [2.24, 2.45) is 5.92 Å². The number of rotatable bonds is 9. The van der Waals surface area contributed by atoms with Crippen LogP contribution in [-0.2, 0) is 0 Å². The number of nitrogens with zero attached hydrogens (tertiary/aromatic N) is 2. The minimum atomic E-state index is 0.659. The highest BCUT2D eigenvalue weighted by atomic mass is 15.2. The largest absolute Gasteiger partial charge is 0.313 e. The van der Waals surface area contributed by atoms with Gasteiger partial charge in [-0.2, -0.15) is 0 Å². The Morgan fingerprint density at radius 1 is 1.20 bits per heavy atom. The van der Waals surface area contributed by atoms with E-state index >= 15 is 0 Å². The van der Waals surface area contributed by atoms with E-state index in [0.29, 0.717) is 12.1 Å². The fourth-order valence-electron chi connectivity index (χ4n) is 3.69. The average molecular weight is 284 g/mol. The van der Waals surface area contributed by atoms with Gasteiger partial charge in [0.05, 0.1) is 0 Å². The number of likely N-dealkylation sites (tertiary alicyclic amines) is 1. The third kappa shape index (κ3) is 5.71. The van der Waals surface area contributed by atoms with E-state index in [1.54, 1.807) is 0 Å². The Kier molecular flexibility index (Phi) is 8.74. The molecule has 1 fully saturated rings. The molecule has 0 aromatic heterocycles. The fraction of sp³-hybridized carbons (Fsp3) is 1.00. The van der Waals surface area contributed by atoms with Gasteiger partial charge in [0.2, 0.25) is 0 Å². The van der Waals surface area contributed by atoms with Crippen molar-refractivity contribution >= 4 is 0 Å². The highest BCUT2D eigenvalue weighted by Crippen LogP contribution is 2.20. The maximum absolute atomic E-state index is 3.71. The second kappa shape index (κ2) is 9.75. The summed E-state index contributed by atoms with van der Waals surface area (Å²) in [4.78, 5) is 5.10. The molecule has 20 heavy (non-hydrogen) atoms. The van der Waals surface area contributed by atoms with Crippen molar-refractivity contribution in [2.45, 2.75) is 65.0 Å². The Morgan fingerprint density at radius 3 is 2.35 bits per heavy atom. The molecule has 3 nitrogen and oxygen atoms in total. The molecule has 1 heterocycles. The van der Waals surface area contributed by atoms with Gasteiger partial charge in [-0.1, -0.05) is 27.2 Å². The lowest BCUT2D eigenvalue weighted by Gasteiger charge is -2.38. The number of piperidine rings is 1. The Labute approximate surface area is 127 Å². The molecular formula is C17H37N3. The third-order valence-electron chi connectivity index (χ3n) is 4.90. The van der Waals surface area contributed by atoms with Crippen LogP contribution in [0.15, 0.2) is 0 Å². The molecule has 3 heteroatoms. The SMILES string of the molecule is CCCC(NCC)C(CC)N(C)CC1CCN(C)CC1. The summed E-state index contributed by atoms with van der Waals surface area (Å²) in [7, 11) is 4.59. The van der Waals surface area contributed by atoms with Crippen LogP contribution in [0, 0.1) is 5.92 Å². The zero-order valence-electron chi connectivity index (χ0n) is 14.5. The van der Waals surface area contributed by atoms with Crippen LogP contribution in [0.2, 0.25) is 0 Å². The summed E-state index contributed by atoms with van der Waals surface area (Å²) in [6, 6.07) is 1.35. The van der Waals surface area contributed by atoms with Crippen molar-refractivity contribution in [3.8, 4) is 0 Å². The molecule has 1 N–H and O–H groups in total. The van der Waals surface area contributed by atoms with E-state index in [0.717, 1.165) is 12.5 Å². The molecule has 0 spiro atoms. The van der Waals surface area contributed by atoms with Gasteiger partial charge >= 0.3 is 0 Å². The lowest BCUT2D eigenvalue weighted by Crippen LogP contribution is -2.50. The van der Waals surface area contributed by atoms with Crippen LogP contribution in [-0.4, -0.2) is 62.2 Å². The first-order chi connectivity index (χ1) is 9.62. The van der Waals surface area contributed by atoms with Crippen LogP contribution in [0.3, 0.4) is 0 Å². The molecule has 2 atom stereocenters. The lowest BCUT2D eigenvalue weighted by atomic mass is 9.94. The number of likely N-dealkylation sites (N-methyl/N-ethyl adjacent to an activating group) is 2. The minimum Gasteiger partial charge on any atom is -0.313 e. The van der Waals surface area contributed by atoms with Gasteiger partial charge in [-0.05, 0) is 65.3 Å². The number of nitrogens with one attached hydrogen (secondary N) is 1. The molecule has 1 saturated heterocycles. The molecule has 1 aliphatic heterocycles. The van der Waals surface area contributed by atoms with Crippen molar-refractivity contribution in [3.63, 3.8) is 0 Å². The molecule has 0 amide bonds. The summed E-state index contributed by atoms with van der Waals surface area (Å²) in [6.45, 7) is 11.8. The first-order valence-electron chi connectivity index (χ1n) is 8.74. The van der Waals surface area contributed by atoms with E-state index in [2.05, 4.69) is 50.0 Å². The highest BCUT2D eigenvalue weighted by molar-refractivity contribution is 4.84. The molecule has 0 radical (unpaired) electrons. The molecule has 1 rings (SSSR count). The zero-order chi connectivity index (χ0) is 15.0. The first-order valence-corrected chi connectivity index (χ1v) is 8.74. The second-order valence-electron chi connectivity index (χ2n) is 6.61. The summed E-state index contributed by atoms with van der Waals surface area (Å²) < 4.78 is 0. The number of hydrogen-bond donors (Lipinski definition) is 1. The van der Waals surface area contributed by atoms with Gasteiger partial charge in [0, 0.05) is 18.6 Å². The summed E-state index contributed by atoms with van der Waals surface area (Å²) in [5.74, 6) is 0.897. The van der Waals surface area contributed by atoms with Crippen molar-refractivity contribution in [1.82, 2.24) is 15.1 Å². The summed E-state index contributed by atoms with van der Waals surface area (Å²) >= 11 is 0. The lowest BCUT2D eigenvalue weighted by molar-refractivity contribution is 0.125. The van der Waals surface area contributed by atoms with Crippen molar-refractivity contribution in [2.75, 3.05) is 40.3 Å². The zero-order valence-corrected chi connectivity index (χ0v) is 14.5. The van der Waals surface area contributed by atoms with Crippen LogP contribution >= 0.6 is 0 Å².